The van der Waals surface area contributed by atoms with Gasteiger partial charge in [-0.05, 0) is 12.7 Å². The highest BCUT2D eigenvalue weighted by Gasteiger charge is 2.10. The predicted octanol–water partition coefficient (Wildman–Crippen LogP) is 0.595. The average molecular weight is 260 g/mol. The fraction of sp³-hybridized carbons (Fsp3) is 0.500. The Bertz CT molecular complexity index is 317. The van der Waals surface area contributed by atoms with Crippen LogP contribution in [-0.2, 0) is 9.59 Å². The second-order valence-electron chi connectivity index (χ2n) is 3.19. The molecule has 96 valence electrons. The molecule has 6 nitrogen and oxygen atoms in total. The normalized spacial score (nSPS) is 12.1. The van der Waals surface area contributed by atoms with E-state index >= 15 is 0 Å². The predicted molar refractivity (Wildman–Crippen MR) is 65.9 cm³/mol. The molecule has 1 atom stereocenters. The van der Waals surface area contributed by atoms with Gasteiger partial charge in [0.25, 0.3) is 5.91 Å². The molecular weight excluding hydrogens is 244 g/mol. The van der Waals surface area contributed by atoms with E-state index in [9.17, 15) is 14.4 Å². The molecule has 0 rings (SSSR count). The van der Waals surface area contributed by atoms with Crippen molar-refractivity contribution in [3.63, 3.8) is 0 Å². The number of imide groups is 1. The summed E-state index contributed by atoms with van der Waals surface area (Å²) >= 11 is 1.59. The Balaban J connectivity index is 4.08. The van der Waals surface area contributed by atoms with E-state index in [1.807, 2.05) is 18.5 Å². The molecule has 1 unspecified atom stereocenters. The first kappa shape index (κ1) is 15.5. The summed E-state index contributed by atoms with van der Waals surface area (Å²) in [5.41, 5.74) is 0. The number of aliphatic carboxylic acids is 1. The van der Waals surface area contributed by atoms with Crippen LogP contribution in [0.15, 0.2) is 12.2 Å². The second-order valence-corrected chi connectivity index (χ2v) is 4.11. The SMILES string of the molecule is CCC(CSC)NC(=O)NC(=O)/C=C/C(=O)O. The Labute approximate surface area is 104 Å². The average Bonchev–Trinajstić information content (AvgIpc) is 2.25. The van der Waals surface area contributed by atoms with Gasteiger partial charge in [0.15, 0.2) is 0 Å². The quantitative estimate of drug-likeness (QED) is 0.608. The van der Waals surface area contributed by atoms with E-state index in [0.717, 1.165) is 18.2 Å². The molecule has 0 aliphatic carbocycles. The summed E-state index contributed by atoms with van der Waals surface area (Å²) in [4.78, 5) is 32.5. The summed E-state index contributed by atoms with van der Waals surface area (Å²) in [5.74, 6) is -1.25. The highest BCUT2D eigenvalue weighted by molar-refractivity contribution is 7.98. The lowest BCUT2D eigenvalue weighted by Gasteiger charge is -2.15. The molecule has 0 saturated carbocycles. The lowest BCUT2D eigenvalue weighted by Crippen LogP contribution is -2.44. The number of rotatable bonds is 6. The van der Waals surface area contributed by atoms with E-state index in [2.05, 4.69) is 5.32 Å². The maximum Gasteiger partial charge on any atom is 0.328 e. The fourth-order valence-corrected chi connectivity index (χ4v) is 1.71. The molecule has 7 heteroatoms. The van der Waals surface area contributed by atoms with Gasteiger partial charge in [-0.25, -0.2) is 9.59 Å². The molecular formula is C10H16N2O4S. The number of carbonyl (C=O) groups excluding carboxylic acids is 2. The highest BCUT2D eigenvalue weighted by Crippen LogP contribution is 2.00. The third kappa shape index (κ3) is 8.32. The number of thioether (sulfide) groups is 1. The second kappa shape index (κ2) is 8.63. The van der Waals surface area contributed by atoms with E-state index in [-0.39, 0.29) is 6.04 Å². The Morgan fingerprint density at radius 2 is 2.00 bits per heavy atom. The van der Waals surface area contributed by atoms with Crippen LogP contribution in [0.3, 0.4) is 0 Å². The van der Waals surface area contributed by atoms with Gasteiger partial charge in [0.1, 0.15) is 0 Å². The Hall–Kier alpha value is -1.50. The molecule has 0 aromatic rings. The van der Waals surface area contributed by atoms with Crippen LogP contribution in [0.25, 0.3) is 0 Å². The molecule has 0 aliphatic heterocycles. The summed E-state index contributed by atoms with van der Waals surface area (Å²) in [5, 5.41) is 12.9. The molecule has 0 saturated heterocycles. The minimum absolute atomic E-state index is 0.0127. The van der Waals surface area contributed by atoms with Crippen molar-refractivity contribution >= 4 is 29.7 Å². The van der Waals surface area contributed by atoms with Crippen molar-refractivity contribution in [1.29, 1.82) is 0 Å². The van der Waals surface area contributed by atoms with Crippen molar-refractivity contribution in [1.82, 2.24) is 10.6 Å². The molecule has 3 N–H and O–H groups in total. The Morgan fingerprint density at radius 3 is 2.47 bits per heavy atom. The summed E-state index contributed by atoms with van der Waals surface area (Å²) in [6.07, 6.45) is 4.13. The van der Waals surface area contributed by atoms with Gasteiger partial charge in [-0.3, -0.25) is 10.1 Å². The summed E-state index contributed by atoms with van der Waals surface area (Å²) in [6.45, 7) is 1.92. The minimum atomic E-state index is -1.24. The summed E-state index contributed by atoms with van der Waals surface area (Å²) in [7, 11) is 0. The first-order valence-corrected chi connectivity index (χ1v) is 6.40. The molecule has 0 aromatic heterocycles. The van der Waals surface area contributed by atoms with E-state index in [1.165, 1.54) is 0 Å². The number of amides is 3. The maximum absolute atomic E-state index is 11.3. The van der Waals surface area contributed by atoms with Crippen LogP contribution in [0.5, 0.6) is 0 Å². The minimum Gasteiger partial charge on any atom is -0.478 e. The van der Waals surface area contributed by atoms with E-state index < -0.39 is 17.9 Å². The monoisotopic (exact) mass is 260 g/mol. The molecule has 0 fully saturated rings. The number of urea groups is 1. The molecule has 17 heavy (non-hydrogen) atoms. The van der Waals surface area contributed by atoms with Gasteiger partial charge < -0.3 is 10.4 Å². The molecule has 0 bridgehead atoms. The van der Waals surface area contributed by atoms with Gasteiger partial charge >= 0.3 is 12.0 Å². The van der Waals surface area contributed by atoms with Crippen LogP contribution in [0, 0.1) is 0 Å². The van der Waals surface area contributed by atoms with Gasteiger partial charge in [0.05, 0.1) is 0 Å². The van der Waals surface area contributed by atoms with Crippen LogP contribution < -0.4 is 10.6 Å². The van der Waals surface area contributed by atoms with Crippen molar-refractivity contribution in [2.45, 2.75) is 19.4 Å². The molecule has 3 amide bonds. The summed E-state index contributed by atoms with van der Waals surface area (Å²) < 4.78 is 0. The zero-order valence-corrected chi connectivity index (χ0v) is 10.5. The van der Waals surface area contributed by atoms with Crippen LogP contribution in [0.1, 0.15) is 13.3 Å². The Kier molecular flexibility index (Phi) is 7.87. The number of hydrogen-bond acceptors (Lipinski definition) is 4. The zero-order chi connectivity index (χ0) is 13.3. The third-order valence-electron chi connectivity index (χ3n) is 1.81. The van der Waals surface area contributed by atoms with Gasteiger partial charge in [0, 0.05) is 23.9 Å². The first-order chi connectivity index (χ1) is 7.99. The first-order valence-electron chi connectivity index (χ1n) is 5.01. The molecule has 0 aliphatic rings. The number of carboxylic acids is 1. The van der Waals surface area contributed by atoms with Crippen LogP contribution in [0.4, 0.5) is 4.79 Å². The molecule has 0 heterocycles. The van der Waals surface area contributed by atoms with E-state index in [4.69, 9.17) is 5.11 Å². The highest BCUT2D eigenvalue weighted by atomic mass is 32.2. The standard InChI is InChI=1S/C10H16N2O4S/c1-3-7(6-17-2)11-10(16)12-8(13)4-5-9(14)15/h4-5,7H,3,6H2,1-2H3,(H,14,15)(H2,11,12,13,16)/b5-4+. The van der Waals surface area contributed by atoms with Crippen molar-refractivity contribution in [2.24, 2.45) is 0 Å². The van der Waals surface area contributed by atoms with Gasteiger partial charge in [-0.15, -0.1) is 0 Å². The smallest absolute Gasteiger partial charge is 0.328 e. The largest absolute Gasteiger partial charge is 0.478 e. The van der Waals surface area contributed by atoms with E-state index in [1.54, 1.807) is 11.8 Å². The van der Waals surface area contributed by atoms with E-state index in [0.29, 0.717) is 6.08 Å². The lowest BCUT2D eigenvalue weighted by atomic mass is 10.3. The van der Waals surface area contributed by atoms with Crippen molar-refractivity contribution in [2.75, 3.05) is 12.0 Å². The molecule has 0 spiro atoms. The van der Waals surface area contributed by atoms with Crippen LogP contribution in [-0.4, -0.2) is 41.1 Å². The van der Waals surface area contributed by atoms with Crippen molar-refractivity contribution < 1.29 is 19.5 Å². The number of nitrogens with one attached hydrogen (secondary N) is 2. The van der Waals surface area contributed by atoms with Gasteiger partial charge in [-0.1, -0.05) is 6.92 Å². The lowest BCUT2D eigenvalue weighted by molar-refractivity contribution is -0.131. The topological polar surface area (TPSA) is 95.5 Å². The van der Waals surface area contributed by atoms with Gasteiger partial charge in [-0.2, -0.15) is 11.8 Å². The Morgan fingerprint density at radius 1 is 1.35 bits per heavy atom. The van der Waals surface area contributed by atoms with Crippen LogP contribution >= 0.6 is 11.8 Å². The van der Waals surface area contributed by atoms with Crippen molar-refractivity contribution in [3.8, 4) is 0 Å². The van der Waals surface area contributed by atoms with Crippen molar-refractivity contribution in [3.05, 3.63) is 12.2 Å². The number of hydrogen-bond donors (Lipinski definition) is 3. The number of carboxylic acid groups (broad SMARTS) is 1. The maximum atomic E-state index is 11.3. The third-order valence-corrected chi connectivity index (χ3v) is 2.55. The van der Waals surface area contributed by atoms with Crippen LogP contribution in [0.2, 0.25) is 0 Å². The summed E-state index contributed by atoms with van der Waals surface area (Å²) in [6, 6.07) is -0.632. The number of carbonyl (C=O) groups is 3. The zero-order valence-electron chi connectivity index (χ0n) is 9.73. The van der Waals surface area contributed by atoms with Gasteiger partial charge in [0.2, 0.25) is 0 Å². The molecule has 0 aromatic carbocycles. The fourth-order valence-electron chi connectivity index (χ4n) is 0.985. The molecule has 0 radical (unpaired) electrons.